The summed E-state index contributed by atoms with van der Waals surface area (Å²) >= 11 is 0. The largest absolute Gasteiger partial charge is 0.345 e. The molecule has 1 aliphatic rings. The molecule has 26 heavy (non-hydrogen) atoms. The number of rotatable bonds is 5. The van der Waals surface area contributed by atoms with Crippen LogP contribution in [0.2, 0.25) is 0 Å². The fourth-order valence-electron chi connectivity index (χ4n) is 3.85. The van der Waals surface area contributed by atoms with Gasteiger partial charge in [-0.15, -0.1) is 0 Å². The summed E-state index contributed by atoms with van der Waals surface area (Å²) < 4.78 is 1.78. The van der Waals surface area contributed by atoms with Crippen LogP contribution in [0.3, 0.4) is 0 Å². The van der Waals surface area contributed by atoms with Gasteiger partial charge in [-0.3, -0.25) is 4.68 Å². The normalized spacial score (nSPS) is 20.3. The first-order chi connectivity index (χ1) is 12.7. The molecule has 0 saturated heterocycles. The first-order valence-electron chi connectivity index (χ1n) is 9.18. The SMILES string of the molecule is Cn1cc(-c2cnc3[nH]cc(C4CCC(NCCC#N)CC4)c3n2)cn1. The summed E-state index contributed by atoms with van der Waals surface area (Å²) in [5.74, 6) is 0.510. The number of H-pyrrole nitrogens is 1. The van der Waals surface area contributed by atoms with E-state index in [0.717, 1.165) is 54.6 Å². The number of hydrogen-bond acceptors (Lipinski definition) is 5. The standard InChI is InChI=1S/C19H23N7/c1-26-12-14(9-24-26)17-11-23-19-18(25-17)16(10-22-19)13-3-5-15(6-4-13)21-8-2-7-20/h9-13,15,21H,2-6,8H2,1H3,(H,22,23). The van der Waals surface area contributed by atoms with E-state index in [4.69, 9.17) is 10.2 Å². The Morgan fingerprint density at radius 2 is 2.15 bits per heavy atom. The molecular weight excluding hydrogens is 326 g/mol. The van der Waals surface area contributed by atoms with Crippen molar-refractivity contribution in [2.45, 2.75) is 44.1 Å². The molecule has 0 bridgehead atoms. The number of fused-ring (bicyclic) bond motifs is 1. The van der Waals surface area contributed by atoms with Gasteiger partial charge in [-0.1, -0.05) is 0 Å². The molecule has 0 radical (unpaired) electrons. The van der Waals surface area contributed by atoms with Gasteiger partial charge in [0.2, 0.25) is 0 Å². The second kappa shape index (κ2) is 7.26. The number of aryl methyl sites for hydroxylation is 1. The van der Waals surface area contributed by atoms with Gasteiger partial charge in [-0.2, -0.15) is 10.4 Å². The Hall–Kier alpha value is -2.72. The van der Waals surface area contributed by atoms with Crippen LogP contribution in [0.25, 0.3) is 22.4 Å². The van der Waals surface area contributed by atoms with E-state index < -0.39 is 0 Å². The molecular formula is C19H23N7. The van der Waals surface area contributed by atoms with Crippen molar-refractivity contribution in [3.63, 3.8) is 0 Å². The van der Waals surface area contributed by atoms with Crippen molar-refractivity contribution in [3.05, 3.63) is 30.4 Å². The summed E-state index contributed by atoms with van der Waals surface area (Å²) in [7, 11) is 1.90. The summed E-state index contributed by atoms with van der Waals surface area (Å²) in [6, 6.07) is 2.72. The van der Waals surface area contributed by atoms with Crippen LogP contribution in [0.1, 0.15) is 43.6 Å². The molecule has 0 atom stereocenters. The minimum atomic E-state index is 0.510. The van der Waals surface area contributed by atoms with Gasteiger partial charge >= 0.3 is 0 Å². The van der Waals surface area contributed by atoms with Crippen molar-refractivity contribution in [2.75, 3.05) is 6.54 Å². The van der Waals surface area contributed by atoms with E-state index in [1.165, 1.54) is 5.56 Å². The van der Waals surface area contributed by atoms with Crippen LogP contribution in [0, 0.1) is 11.3 Å². The molecule has 1 saturated carbocycles. The summed E-state index contributed by atoms with van der Waals surface area (Å²) in [5.41, 5.74) is 4.95. The monoisotopic (exact) mass is 349 g/mol. The van der Waals surface area contributed by atoms with Gasteiger partial charge < -0.3 is 10.3 Å². The average Bonchev–Trinajstić information content (AvgIpc) is 3.28. The molecule has 3 aromatic heterocycles. The van der Waals surface area contributed by atoms with Gasteiger partial charge in [0.05, 0.1) is 24.2 Å². The third kappa shape index (κ3) is 3.33. The lowest BCUT2D eigenvalue weighted by Crippen LogP contribution is -2.33. The molecule has 1 fully saturated rings. The lowest BCUT2D eigenvalue weighted by atomic mass is 9.82. The number of hydrogen-bond donors (Lipinski definition) is 2. The van der Waals surface area contributed by atoms with Crippen LogP contribution >= 0.6 is 0 Å². The number of aromatic nitrogens is 5. The van der Waals surface area contributed by atoms with E-state index in [-0.39, 0.29) is 0 Å². The number of nitrogens with zero attached hydrogens (tertiary/aromatic N) is 5. The molecule has 0 aromatic carbocycles. The zero-order valence-corrected chi connectivity index (χ0v) is 14.9. The van der Waals surface area contributed by atoms with Crippen LogP contribution in [-0.4, -0.2) is 37.3 Å². The smallest absolute Gasteiger partial charge is 0.156 e. The minimum absolute atomic E-state index is 0.510. The number of nitrogens with one attached hydrogen (secondary N) is 2. The quantitative estimate of drug-likeness (QED) is 0.691. The molecule has 1 aliphatic carbocycles. The van der Waals surface area contributed by atoms with Crippen LogP contribution in [0.5, 0.6) is 0 Å². The van der Waals surface area contributed by atoms with Gasteiger partial charge in [0, 0.05) is 49.6 Å². The minimum Gasteiger partial charge on any atom is -0.345 e. The zero-order chi connectivity index (χ0) is 17.9. The van der Waals surface area contributed by atoms with Crippen molar-refractivity contribution in [1.82, 2.24) is 30.0 Å². The van der Waals surface area contributed by atoms with Gasteiger partial charge in [-0.05, 0) is 31.6 Å². The molecule has 2 N–H and O–H groups in total. The molecule has 3 aromatic rings. The van der Waals surface area contributed by atoms with Gasteiger partial charge in [-0.25, -0.2) is 9.97 Å². The van der Waals surface area contributed by atoms with Gasteiger partial charge in [0.1, 0.15) is 5.52 Å². The fourth-order valence-corrected chi connectivity index (χ4v) is 3.85. The van der Waals surface area contributed by atoms with E-state index >= 15 is 0 Å². The van der Waals surface area contributed by atoms with Crippen LogP contribution in [-0.2, 0) is 7.05 Å². The molecule has 7 nitrogen and oxygen atoms in total. The molecule has 0 spiro atoms. The maximum atomic E-state index is 8.66. The molecule has 0 aliphatic heterocycles. The average molecular weight is 349 g/mol. The summed E-state index contributed by atoms with van der Waals surface area (Å²) in [6.07, 6.45) is 12.8. The molecule has 7 heteroatoms. The Kier molecular flexibility index (Phi) is 4.67. The lowest BCUT2D eigenvalue weighted by molar-refractivity contribution is 0.346. The molecule has 0 amide bonds. The Bertz CT molecular complexity index is 925. The summed E-state index contributed by atoms with van der Waals surface area (Å²) in [5, 5.41) is 16.4. The van der Waals surface area contributed by atoms with Gasteiger partial charge in [0.25, 0.3) is 0 Å². The van der Waals surface area contributed by atoms with E-state index in [9.17, 15) is 0 Å². The highest BCUT2D eigenvalue weighted by molar-refractivity contribution is 5.78. The van der Waals surface area contributed by atoms with Crippen molar-refractivity contribution >= 4 is 11.2 Å². The predicted molar refractivity (Wildman–Crippen MR) is 99.3 cm³/mol. The van der Waals surface area contributed by atoms with Crippen molar-refractivity contribution in [1.29, 1.82) is 5.26 Å². The maximum absolute atomic E-state index is 8.66. The predicted octanol–water partition coefficient (Wildman–Crippen LogP) is 2.89. The molecule has 134 valence electrons. The fraction of sp³-hybridized carbons (Fsp3) is 0.474. The highest BCUT2D eigenvalue weighted by Gasteiger charge is 2.25. The summed E-state index contributed by atoms with van der Waals surface area (Å²) in [6.45, 7) is 0.791. The Balaban J connectivity index is 1.51. The van der Waals surface area contributed by atoms with E-state index in [2.05, 4.69) is 32.6 Å². The van der Waals surface area contributed by atoms with Crippen LogP contribution in [0.15, 0.2) is 24.8 Å². The zero-order valence-electron chi connectivity index (χ0n) is 14.9. The highest BCUT2D eigenvalue weighted by Crippen LogP contribution is 2.36. The maximum Gasteiger partial charge on any atom is 0.156 e. The van der Waals surface area contributed by atoms with Crippen molar-refractivity contribution in [2.24, 2.45) is 7.05 Å². The third-order valence-electron chi connectivity index (χ3n) is 5.25. The Labute approximate surface area is 152 Å². The van der Waals surface area contributed by atoms with E-state index in [1.54, 1.807) is 10.9 Å². The van der Waals surface area contributed by atoms with Crippen LogP contribution in [0.4, 0.5) is 0 Å². The highest BCUT2D eigenvalue weighted by atomic mass is 15.2. The topological polar surface area (TPSA) is 95.2 Å². The van der Waals surface area contributed by atoms with Crippen molar-refractivity contribution in [3.8, 4) is 17.3 Å². The Morgan fingerprint density at radius 1 is 1.31 bits per heavy atom. The second-order valence-electron chi connectivity index (χ2n) is 7.01. The van der Waals surface area contributed by atoms with Crippen LogP contribution < -0.4 is 5.32 Å². The third-order valence-corrected chi connectivity index (χ3v) is 5.25. The second-order valence-corrected chi connectivity index (χ2v) is 7.01. The Morgan fingerprint density at radius 3 is 2.88 bits per heavy atom. The lowest BCUT2D eigenvalue weighted by Gasteiger charge is -2.28. The summed E-state index contributed by atoms with van der Waals surface area (Å²) in [4.78, 5) is 12.7. The van der Waals surface area contributed by atoms with E-state index in [1.807, 2.05) is 19.4 Å². The molecule has 4 rings (SSSR count). The first kappa shape index (κ1) is 16.7. The van der Waals surface area contributed by atoms with E-state index in [0.29, 0.717) is 18.4 Å². The number of nitriles is 1. The number of aromatic amines is 1. The van der Waals surface area contributed by atoms with Crippen molar-refractivity contribution < 1.29 is 0 Å². The van der Waals surface area contributed by atoms with Gasteiger partial charge in [0.15, 0.2) is 5.65 Å². The molecule has 3 heterocycles. The first-order valence-corrected chi connectivity index (χ1v) is 9.18. The molecule has 0 unspecified atom stereocenters.